The van der Waals surface area contributed by atoms with Crippen LogP contribution in [0, 0.1) is 10.1 Å². The van der Waals surface area contributed by atoms with Gasteiger partial charge in [-0.2, -0.15) is 5.10 Å². The molecule has 0 aromatic heterocycles. The van der Waals surface area contributed by atoms with Crippen molar-refractivity contribution >= 4 is 29.2 Å². The minimum atomic E-state index is -0.488. The first-order valence-electron chi connectivity index (χ1n) is 8.59. The fourth-order valence-electron chi connectivity index (χ4n) is 2.18. The normalized spacial score (nSPS) is 10.6. The molecule has 0 saturated carbocycles. The topological polar surface area (TPSA) is 98.0 Å². The maximum Gasteiger partial charge on any atom is 0.315 e. The largest absolute Gasteiger partial charge is 0.493 e. The maximum atomic E-state index is 11.4. The molecule has 1 aromatic carbocycles. The maximum absolute atomic E-state index is 11.4. The quantitative estimate of drug-likeness (QED) is 0.199. The van der Waals surface area contributed by atoms with E-state index in [1.165, 1.54) is 19.4 Å². The van der Waals surface area contributed by atoms with Crippen LogP contribution in [0.25, 0.3) is 0 Å². The predicted octanol–water partition coefficient (Wildman–Crippen LogP) is 3.38. The number of nitrogens with one attached hydrogen (secondary N) is 2. The first-order valence-corrected chi connectivity index (χ1v) is 9.00. The molecule has 0 heterocycles. The van der Waals surface area contributed by atoms with Gasteiger partial charge < -0.3 is 14.8 Å². The van der Waals surface area contributed by atoms with Gasteiger partial charge in [-0.15, -0.1) is 0 Å². The zero-order chi connectivity index (χ0) is 19.4. The summed E-state index contributed by atoms with van der Waals surface area (Å²) in [5, 5.41) is 18.6. The number of nitrogens with zero attached hydrogens (tertiary/aromatic N) is 2. The van der Waals surface area contributed by atoms with E-state index in [9.17, 15) is 10.1 Å². The predicted molar refractivity (Wildman–Crippen MR) is 106 cm³/mol. The second-order valence-electron chi connectivity index (χ2n) is 5.47. The van der Waals surface area contributed by atoms with Crippen molar-refractivity contribution in [3.05, 3.63) is 27.8 Å². The average Bonchev–Trinajstić information content (AvgIpc) is 2.61. The third-order valence-corrected chi connectivity index (χ3v) is 3.67. The summed E-state index contributed by atoms with van der Waals surface area (Å²) in [5.41, 5.74) is 2.98. The van der Waals surface area contributed by atoms with Gasteiger partial charge in [0.05, 0.1) is 24.9 Å². The van der Waals surface area contributed by atoms with Crippen molar-refractivity contribution in [2.24, 2.45) is 5.10 Å². The number of hydrazone groups is 1. The Bertz CT molecular complexity index is 637. The van der Waals surface area contributed by atoms with Gasteiger partial charge in [0, 0.05) is 18.2 Å². The smallest absolute Gasteiger partial charge is 0.315 e. The van der Waals surface area contributed by atoms with Crippen LogP contribution in [0.4, 0.5) is 5.69 Å². The molecule has 0 aliphatic heterocycles. The number of nitro benzene ring substituents is 1. The lowest BCUT2D eigenvalue weighted by Gasteiger charge is -2.12. The zero-order valence-corrected chi connectivity index (χ0v) is 16.2. The van der Waals surface area contributed by atoms with E-state index in [0.717, 1.165) is 25.7 Å². The minimum Gasteiger partial charge on any atom is -0.493 e. The molecule has 0 saturated heterocycles. The monoisotopic (exact) mass is 382 g/mol. The molecular weight excluding hydrogens is 356 g/mol. The molecule has 144 valence electrons. The second kappa shape index (κ2) is 12.0. The van der Waals surface area contributed by atoms with Gasteiger partial charge in [0.25, 0.3) is 0 Å². The molecule has 0 atom stereocenters. The van der Waals surface area contributed by atoms with Crippen molar-refractivity contribution in [2.45, 2.75) is 39.5 Å². The van der Waals surface area contributed by atoms with Crippen molar-refractivity contribution in [1.29, 1.82) is 0 Å². The highest BCUT2D eigenvalue weighted by Crippen LogP contribution is 2.38. The van der Waals surface area contributed by atoms with Crippen LogP contribution >= 0.6 is 12.2 Å². The Balaban J connectivity index is 2.92. The van der Waals surface area contributed by atoms with E-state index in [2.05, 4.69) is 22.8 Å². The molecule has 0 bridgehead atoms. The minimum absolute atomic E-state index is 0.141. The van der Waals surface area contributed by atoms with Crippen LogP contribution in [0.3, 0.4) is 0 Å². The molecule has 0 amide bonds. The van der Waals surface area contributed by atoms with Gasteiger partial charge in [0.1, 0.15) is 0 Å². The summed E-state index contributed by atoms with van der Waals surface area (Å²) in [5.74, 6) is 0.438. The highest BCUT2D eigenvalue weighted by molar-refractivity contribution is 7.80. The standard InChI is InChI=1S/C17H26N4O4S/c1-4-6-7-8-9-25-16-14(21(22)23)10-13(11-15(16)24-3)12-19-20-17(26)18-5-2/h10-12H,4-9H2,1-3H3,(H2,18,20,26)/b19-12+. The van der Waals surface area contributed by atoms with Crippen LogP contribution < -0.4 is 20.2 Å². The van der Waals surface area contributed by atoms with Gasteiger partial charge in [-0.25, -0.2) is 0 Å². The highest BCUT2D eigenvalue weighted by Gasteiger charge is 2.22. The Morgan fingerprint density at radius 2 is 2.12 bits per heavy atom. The SMILES string of the molecule is CCCCCCOc1c(OC)cc(/C=N/NC(=S)NCC)cc1[N+](=O)[O-]. The molecule has 8 nitrogen and oxygen atoms in total. The first kappa shape index (κ1) is 21.6. The second-order valence-corrected chi connectivity index (χ2v) is 5.88. The lowest BCUT2D eigenvalue weighted by Crippen LogP contribution is -2.31. The van der Waals surface area contributed by atoms with Crippen LogP contribution in [0.1, 0.15) is 45.1 Å². The summed E-state index contributed by atoms with van der Waals surface area (Å²) in [6.07, 6.45) is 5.52. The van der Waals surface area contributed by atoms with E-state index in [0.29, 0.717) is 29.6 Å². The number of benzene rings is 1. The number of nitro groups is 1. The lowest BCUT2D eigenvalue weighted by atomic mass is 10.1. The van der Waals surface area contributed by atoms with Crippen LogP contribution in [0.5, 0.6) is 11.5 Å². The van der Waals surface area contributed by atoms with Crippen LogP contribution in [-0.2, 0) is 0 Å². The van der Waals surface area contributed by atoms with Crippen LogP contribution in [-0.4, -0.2) is 36.5 Å². The third-order valence-electron chi connectivity index (χ3n) is 3.44. The summed E-state index contributed by atoms with van der Waals surface area (Å²) >= 11 is 4.99. The summed E-state index contributed by atoms with van der Waals surface area (Å²) in [7, 11) is 1.45. The summed E-state index contributed by atoms with van der Waals surface area (Å²) in [4.78, 5) is 10.9. The Hall–Kier alpha value is -2.42. The Morgan fingerprint density at radius 1 is 1.35 bits per heavy atom. The van der Waals surface area contributed by atoms with Crippen molar-refractivity contribution < 1.29 is 14.4 Å². The molecule has 0 fully saturated rings. The molecule has 0 spiro atoms. The number of ether oxygens (including phenoxy) is 2. The molecule has 0 aliphatic carbocycles. The average molecular weight is 382 g/mol. The zero-order valence-electron chi connectivity index (χ0n) is 15.4. The van der Waals surface area contributed by atoms with Gasteiger partial charge in [0.15, 0.2) is 10.9 Å². The molecule has 1 aromatic rings. The van der Waals surface area contributed by atoms with Crippen molar-refractivity contribution in [2.75, 3.05) is 20.3 Å². The first-order chi connectivity index (χ1) is 12.5. The number of thiocarbonyl (C=S) groups is 1. The molecule has 9 heteroatoms. The Morgan fingerprint density at radius 3 is 2.73 bits per heavy atom. The van der Waals surface area contributed by atoms with Gasteiger partial charge in [-0.05, 0) is 31.6 Å². The van der Waals surface area contributed by atoms with E-state index in [-0.39, 0.29) is 11.4 Å². The van der Waals surface area contributed by atoms with E-state index in [1.807, 2.05) is 6.92 Å². The Kier molecular flexibility index (Phi) is 9.99. The molecule has 1 rings (SSSR count). The summed E-state index contributed by atoms with van der Waals surface area (Å²) < 4.78 is 10.9. The lowest BCUT2D eigenvalue weighted by molar-refractivity contribution is -0.386. The van der Waals surface area contributed by atoms with Crippen molar-refractivity contribution in [3.8, 4) is 11.5 Å². The number of hydrogen-bond acceptors (Lipinski definition) is 6. The van der Waals surface area contributed by atoms with E-state index >= 15 is 0 Å². The van der Waals surface area contributed by atoms with Gasteiger partial charge in [-0.1, -0.05) is 26.2 Å². The summed E-state index contributed by atoms with van der Waals surface area (Å²) in [6.45, 7) is 5.11. The van der Waals surface area contributed by atoms with Crippen LogP contribution in [0.2, 0.25) is 0 Å². The molecule has 26 heavy (non-hydrogen) atoms. The molecule has 0 aliphatic rings. The van der Waals surface area contributed by atoms with Gasteiger partial charge in [0.2, 0.25) is 5.75 Å². The highest BCUT2D eigenvalue weighted by atomic mass is 32.1. The number of unbranched alkanes of at least 4 members (excludes halogenated alkanes) is 3. The van der Waals surface area contributed by atoms with E-state index < -0.39 is 4.92 Å². The molecule has 0 radical (unpaired) electrons. The fourth-order valence-corrected chi connectivity index (χ4v) is 2.38. The van der Waals surface area contributed by atoms with Crippen LogP contribution in [0.15, 0.2) is 17.2 Å². The van der Waals surface area contributed by atoms with Crippen molar-refractivity contribution in [3.63, 3.8) is 0 Å². The number of hydrogen-bond donors (Lipinski definition) is 2. The fraction of sp³-hybridized carbons (Fsp3) is 0.529. The summed E-state index contributed by atoms with van der Waals surface area (Å²) in [6, 6.07) is 3.03. The van der Waals surface area contributed by atoms with E-state index in [1.54, 1.807) is 6.07 Å². The number of methoxy groups -OCH3 is 1. The van der Waals surface area contributed by atoms with E-state index in [4.69, 9.17) is 21.7 Å². The van der Waals surface area contributed by atoms with Gasteiger partial charge >= 0.3 is 5.69 Å². The van der Waals surface area contributed by atoms with Gasteiger partial charge in [-0.3, -0.25) is 15.5 Å². The number of rotatable bonds is 11. The Labute approximate surface area is 159 Å². The van der Waals surface area contributed by atoms with Crippen molar-refractivity contribution in [1.82, 2.24) is 10.7 Å². The molecule has 2 N–H and O–H groups in total. The molecular formula is C17H26N4O4S. The third kappa shape index (κ3) is 7.22. The molecule has 0 unspecified atom stereocenters.